The van der Waals surface area contributed by atoms with Crippen molar-refractivity contribution in [1.29, 1.82) is 0 Å². The van der Waals surface area contributed by atoms with Crippen LogP contribution in [0.5, 0.6) is 0 Å². The number of hydrogen-bond donors (Lipinski definition) is 0. The minimum Gasteiger partial charge on any atom is -0.468 e. The van der Waals surface area contributed by atoms with Crippen LogP contribution in [0, 0.1) is 5.41 Å². The summed E-state index contributed by atoms with van der Waals surface area (Å²) in [6.07, 6.45) is 2.54. The number of carbonyl (C=O) groups excluding carboxylic acids is 4. The number of benzene rings is 3. The van der Waals surface area contributed by atoms with E-state index in [1.807, 2.05) is 60.7 Å². The van der Waals surface area contributed by atoms with E-state index in [0.29, 0.717) is 22.3 Å². The van der Waals surface area contributed by atoms with Gasteiger partial charge in [-0.3, -0.25) is 19.2 Å². The van der Waals surface area contributed by atoms with Crippen molar-refractivity contribution in [3.8, 4) is 22.3 Å². The van der Waals surface area contributed by atoms with E-state index in [4.69, 9.17) is 9.47 Å². The molecule has 0 atom stereocenters. The lowest BCUT2D eigenvalue weighted by Crippen LogP contribution is -2.42. The molecule has 0 heterocycles. The molecule has 0 N–H and O–H groups in total. The summed E-state index contributed by atoms with van der Waals surface area (Å²) in [7, 11) is 2.46. The number of methoxy groups -OCH3 is 2. The van der Waals surface area contributed by atoms with Crippen molar-refractivity contribution in [2.24, 2.45) is 5.41 Å². The summed E-state index contributed by atoms with van der Waals surface area (Å²) in [6.45, 7) is 0. The van der Waals surface area contributed by atoms with E-state index in [2.05, 4.69) is 0 Å². The predicted molar refractivity (Wildman–Crippen MR) is 129 cm³/mol. The normalized spacial score (nSPS) is 15.4. The number of rotatable bonds is 4. The number of carbonyl (C=O) groups is 4. The molecule has 3 aromatic rings. The molecule has 0 spiro atoms. The van der Waals surface area contributed by atoms with Crippen LogP contribution in [0.2, 0.25) is 0 Å². The molecule has 0 radical (unpaired) electrons. The minimum absolute atomic E-state index is 0.00972. The number of esters is 2. The second-order valence-corrected chi connectivity index (χ2v) is 8.67. The van der Waals surface area contributed by atoms with Crippen LogP contribution in [-0.2, 0) is 31.9 Å². The van der Waals surface area contributed by atoms with Gasteiger partial charge in [0.05, 0.1) is 14.2 Å². The number of fused-ring (bicyclic) bond motifs is 2. The molecule has 0 unspecified atom stereocenters. The molecule has 0 amide bonds. The van der Waals surface area contributed by atoms with Crippen LogP contribution in [-0.4, -0.2) is 37.7 Å². The Bertz CT molecular complexity index is 1310. The number of ketones is 2. The van der Waals surface area contributed by atoms with Crippen molar-refractivity contribution in [2.45, 2.75) is 12.8 Å². The molecule has 174 valence electrons. The first-order valence-electron chi connectivity index (χ1n) is 11.2. The maximum absolute atomic E-state index is 13.3. The van der Waals surface area contributed by atoms with E-state index < -0.39 is 17.4 Å². The number of allylic oxidation sites excluding steroid dienone is 2. The van der Waals surface area contributed by atoms with Gasteiger partial charge in [0.2, 0.25) is 0 Å². The Morgan fingerprint density at radius 3 is 1.34 bits per heavy atom. The van der Waals surface area contributed by atoms with Gasteiger partial charge in [-0.15, -0.1) is 0 Å². The second-order valence-electron chi connectivity index (χ2n) is 8.67. The minimum atomic E-state index is -1.62. The Balaban J connectivity index is 1.94. The zero-order valence-electron chi connectivity index (χ0n) is 19.3. The van der Waals surface area contributed by atoms with E-state index in [9.17, 15) is 19.2 Å². The molecule has 0 fully saturated rings. The van der Waals surface area contributed by atoms with Crippen LogP contribution in [0.4, 0.5) is 0 Å². The van der Waals surface area contributed by atoms with Gasteiger partial charge in [0.1, 0.15) is 0 Å². The summed E-state index contributed by atoms with van der Waals surface area (Å²) < 4.78 is 10.1. The predicted octanol–water partition coefficient (Wildman–Crippen LogP) is 4.39. The highest BCUT2D eigenvalue weighted by atomic mass is 16.5. The summed E-state index contributed by atoms with van der Waals surface area (Å²) in [6, 6.07) is 18.5. The lowest BCUT2D eigenvalue weighted by molar-refractivity contribution is -0.168. The summed E-state index contributed by atoms with van der Waals surface area (Å²) in [4.78, 5) is 52.8. The largest absolute Gasteiger partial charge is 0.468 e. The molecule has 2 aliphatic carbocycles. The summed E-state index contributed by atoms with van der Waals surface area (Å²) in [5, 5.41) is 0. The maximum Gasteiger partial charge on any atom is 0.323 e. The topological polar surface area (TPSA) is 86.7 Å². The van der Waals surface area contributed by atoms with Crippen LogP contribution in [0.15, 0.2) is 72.8 Å². The van der Waals surface area contributed by atoms with Crippen LogP contribution in [0.1, 0.15) is 31.8 Å². The molecule has 0 aliphatic heterocycles. The van der Waals surface area contributed by atoms with Gasteiger partial charge in [0.25, 0.3) is 0 Å². The first kappa shape index (κ1) is 22.5. The standard InChI is InChI=1S/C29H22O6/c1-34-27(32)29(28(33)35-2)15-19-20(16-29)24(18-11-7-4-8-12-18)26-22(31)14-13-21(30)25(26)23(19)17-9-5-3-6-10-17/h3-14H,15-16H2,1-2H3. The van der Waals surface area contributed by atoms with E-state index in [1.54, 1.807) is 0 Å². The third-order valence-electron chi connectivity index (χ3n) is 6.83. The van der Waals surface area contributed by atoms with Gasteiger partial charge in [-0.2, -0.15) is 0 Å². The number of ether oxygens (including phenoxy) is 2. The third-order valence-corrected chi connectivity index (χ3v) is 6.83. The lowest BCUT2D eigenvalue weighted by Gasteiger charge is -2.23. The van der Waals surface area contributed by atoms with E-state index in [-0.39, 0.29) is 35.5 Å². The van der Waals surface area contributed by atoms with Crippen LogP contribution in [0.25, 0.3) is 22.3 Å². The Morgan fingerprint density at radius 2 is 1.00 bits per heavy atom. The summed E-state index contributed by atoms with van der Waals surface area (Å²) >= 11 is 0. The average Bonchev–Trinajstić information content (AvgIpc) is 3.31. The molecule has 6 nitrogen and oxygen atoms in total. The third kappa shape index (κ3) is 3.33. The zero-order valence-corrected chi connectivity index (χ0v) is 19.3. The molecule has 5 rings (SSSR count). The molecular formula is C29H22O6. The smallest absolute Gasteiger partial charge is 0.323 e. The summed E-state index contributed by atoms with van der Waals surface area (Å²) in [5.74, 6) is -2.03. The van der Waals surface area contributed by atoms with Gasteiger partial charge in [-0.1, -0.05) is 60.7 Å². The highest BCUT2D eigenvalue weighted by molar-refractivity contribution is 6.27. The van der Waals surface area contributed by atoms with Gasteiger partial charge in [-0.25, -0.2) is 0 Å². The van der Waals surface area contributed by atoms with Crippen molar-refractivity contribution >= 4 is 23.5 Å². The maximum atomic E-state index is 13.3. The van der Waals surface area contributed by atoms with Gasteiger partial charge < -0.3 is 9.47 Å². The lowest BCUT2D eigenvalue weighted by atomic mass is 9.78. The fraction of sp³-hybridized carbons (Fsp3) is 0.172. The quantitative estimate of drug-likeness (QED) is 0.419. The Hall–Kier alpha value is -4.32. The van der Waals surface area contributed by atoms with Crippen molar-refractivity contribution in [1.82, 2.24) is 0 Å². The molecular weight excluding hydrogens is 444 g/mol. The van der Waals surface area contributed by atoms with Crippen LogP contribution >= 0.6 is 0 Å². The first-order valence-corrected chi connectivity index (χ1v) is 11.2. The highest BCUT2D eigenvalue weighted by Crippen LogP contribution is 2.51. The van der Waals surface area contributed by atoms with E-state index >= 15 is 0 Å². The molecule has 3 aromatic carbocycles. The van der Waals surface area contributed by atoms with Crippen molar-refractivity contribution in [3.63, 3.8) is 0 Å². The van der Waals surface area contributed by atoms with E-state index in [1.165, 1.54) is 26.4 Å². The Kier molecular flexibility index (Phi) is 5.44. The molecule has 0 saturated carbocycles. The zero-order chi connectivity index (χ0) is 24.7. The van der Waals surface area contributed by atoms with Crippen LogP contribution in [0.3, 0.4) is 0 Å². The number of hydrogen-bond acceptors (Lipinski definition) is 6. The van der Waals surface area contributed by atoms with E-state index in [0.717, 1.165) is 11.1 Å². The highest BCUT2D eigenvalue weighted by Gasteiger charge is 2.55. The SMILES string of the molecule is COC(=O)C1(C(=O)OC)Cc2c(c(-c3ccccc3)c3c(c2-c2ccccc2)C(=O)C=CC3=O)C1. The van der Waals surface area contributed by atoms with Gasteiger partial charge in [0, 0.05) is 24.0 Å². The van der Waals surface area contributed by atoms with Gasteiger partial charge in [-0.05, 0) is 45.5 Å². The molecule has 0 bridgehead atoms. The molecule has 6 heteroatoms. The van der Waals surface area contributed by atoms with Crippen molar-refractivity contribution in [2.75, 3.05) is 14.2 Å². The molecule has 35 heavy (non-hydrogen) atoms. The Labute approximate surface area is 202 Å². The van der Waals surface area contributed by atoms with Gasteiger partial charge >= 0.3 is 11.9 Å². The van der Waals surface area contributed by atoms with Crippen molar-refractivity contribution in [3.05, 3.63) is 95.1 Å². The van der Waals surface area contributed by atoms with Gasteiger partial charge in [0.15, 0.2) is 17.0 Å². The van der Waals surface area contributed by atoms with Crippen LogP contribution < -0.4 is 0 Å². The first-order chi connectivity index (χ1) is 16.9. The van der Waals surface area contributed by atoms with Crippen molar-refractivity contribution < 1.29 is 28.7 Å². The fourth-order valence-electron chi connectivity index (χ4n) is 5.33. The summed E-state index contributed by atoms with van der Waals surface area (Å²) in [5.41, 5.74) is 2.85. The second kappa shape index (κ2) is 8.47. The molecule has 2 aliphatic rings. The Morgan fingerprint density at radius 1 is 0.629 bits per heavy atom. The monoisotopic (exact) mass is 466 g/mol. The molecule has 0 aromatic heterocycles. The fourth-order valence-corrected chi connectivity index (χ4v) is 5.33. The average molecular weight is 466 g/mol. The molecule has 0 saturated heterocycles.